The lowest BCUT2D eigenvalue weighted by Crippen LogP contribution is -2.21. The van der Waals surface area contributed by atoms with Gasteiger partial charge in [-0.15, -0.1) is 0 Å². The second kappa shape index (κ2) is 7.05. The number of anilines is 1. The van der Waals surface area contributed by atoms with E-state index < -0.39 is 17.7 Å². The molecule has 1 N–H and O–H groups in total. The SMILES string of the molecule is Fc1cnc(C(F)(F)F)cc1-c1cc2n(n1)CCC[C@@H]2Nc1nsc2ccccc12. The van der Waals surface area contributed by atoms with E-state index in [0.717, 1.165) is 34.4 Å². The zero-order valence-electron chi connectivity index (χ0n) is 15.4. The van der Waals surface area contributed by atoms with Crippen LogP contribution in [0.3, 0.4) is 0 Å². The van der Waals surface area contributed by atoms with Crippen molar-refractivity contribution in [3.05, 3.63) is 59.8 Å². The normalized spacial score (nSPS) is 16.6. The van der Waals surface area contributed by atoms with Crippen LogP contribution in [0.2, 0.25) is 0 Å². The second-order valence-corrected chi connectivity index (χ2v) is 7.90. The lowest BCUT2D eigenvalue weighted by Gasteiger charge is -2.24. The Balaban J connectivity index is 1.51. The average molecular weight is 433 g/mol. The van der Waals surface area contributed by atoms with E-state index in [2.05, 4.69) is 19.8 Å². The molecule has 4 aromatic rings. The molecule has 30 heavy (non-hydrogen) atoms. The fraction of sp³-hybridized carbons (Fsp3) is 0.250. The molecule has 1 atom stereocenters. The Morgan fingerprint density at radius 1 is 1.17 bits per heavy atom. The van der Waals surface area contributed by atoms with E-state index in [4.69, 9.17) is 0 Å². The third-order valence-corrected chi connectivity index (χ3v) is 5.97. The average Bonchev–Trinajstić information content (AvgIpc) is 3.32. The first kappa shape index (κ1) is 19.0. The number of rotatable bonds is 3. The van der Waals surface area contributed by atoms with Crippen LogP contribution in [0.5, 0.6) is 0 Å². The van der Waals surface area contributed by atoms with Crippen LogP contribution in [0.1, 0.15) is 30.3 Å². The molecule has 5 rings (SSSR count). The van der Waals surface area contributed by atoms with Crippen LogP contribution in [0.4, 0.5) is 23.4 Å². The van der Waals surface area contributed by atoms with Crippen LogP contribution in [0, 0.1) is 5.82 Å². The van der Waals surface area contributed by atoms with Crippen LogP contribution in [-0.2, 0) is 12.7 Å². The maximum atomic E-state index is 14.3. The first-order valence-corrected chi connectivity index (χ1v) is 10.1. The summed E-state index contributed by atoms with van der Waals surface area (Å²) in [5.74, 6) is -0.0836. The summed E-state index contributed by atoms with van der Waals surface area (Å²) in [7, 11) is 0. The Morgan fingerprint density at radius 3 is 2.83 bits per heavy atom. The summed E-state index contributed by atoms with van der Waals surface area (Å²) < 4.78 is 60.6. The fourth-order valence-corrected chi connectivity index (χ4v) is 4.45. The number of aromatic nitrogens is 4. The Kier molecular flexibility index (Phi) is 4.46. The van der Waals surface area contributed by atoms with Gasteiger partial charge in [0.05, 0.1) is 28.3 Å². The Bertz CT molecular complexity index is 1230. The number of hydrogen-bond donors (Lipinski definition) is 1. The fourth-order valence-electron chi connectivity index (χ4n) is 3.71. The van der Waals surface area contributed by atoms with E-state index in [0.29, 0.717) is 18.8 Å². The molecule has 10 heteroatoms. The summed E-state index contributed by atoms with van der Waals surface area (Å²) >= 11 is 1.39. The van der Waals surface area contributed by atoms with Gasteiger partial charge in [0.1, 0.15) is 11.5 Å². The third-order valence-electron chi connectivity index (χ3n) is 5.14. The number of fused-ring (bicyclic) bond motifs is 2. The molecule has 0 aliphatic carbocycles. The van der Waals surface area contributed by atoms with Gasteiger partial charge in [-0.3, -0.25) is 4.68 Å². The Morgan fingerprint density at radius 2 is 2.00 bits per heavy atom. The predicted molar refractivity (Wildman–Crippen MR) is 106 cm³/mol. The largest absolute Gasteiger partial charge is 0.433 e. The summed E-state index contributed by atoms with van der Waals surface area (Å²) in [6.45, 7) is 0.615. The molecular formula is C20H15F4N5S. The van der Waals surface area contributed by atoms with Gasteiger partial charge in [-0.25, -0.2) is 9.37 Å². The van der Waals surface area contributed by atoms with E-state index in [1.807, 2.05) is 24.3 Å². The first-order valence-electron chi connectivity index (χ1n) is 9.32. The van der Waals surface area contributed by atoms with Crippen molar-refractivity contribution < 1.29 is 17.6 Å². The minimum Gasteiger partial charge on any atom is -0.360 e. The van der Waals surface area contributed by atoms with Gasteiger partial charge in [-0.05, 0) is 48.6 Å². The number of benzene rings is 1. The number of pyridine rings is 1. The van der Waals surface area contributed by atoms with Crippen LogP contribution >= 0.6 is 11.5 Å². The van der Waals surface area contributed by atoms with E-state index >= 15 is 0 Å². The summed E-state index contributed by atoms with van der Waals surface area (Å²) in [4.78, 5) is 3.16. The third kappa shape index (κ3) is 3.30. The van der Waals surface area contributed by atoms with Crippen LogP contribution in [0.25, 0.3) is 21.3 Å². The number of halogens is 4. The van der Waals surface area contributed by atoms with Gasteiger partial charge in [-0.2, -0.15) is 22.6 Å². The zero-order chi connectivity index (χ0) is 20.9. The van der Waals surface area contributed by atoms with Crippen molar-refractivity contribution in [2.24, 2.45) is 0 Å². The summed E-state index contributed by atoms with van der Waals surface area (Å²) in [5.41, 5.74) is -0.407. The van der Waals surface area contributed by atoms with Crippen molar-refractivity contribution in [1.29, 1.82) is 0 Å². The number of aryl methyl sites for hydroxylation is 1. The van der Waals surface area contributed by atoms with Gasteiger partial charge in [0.2, 0.25) is 0 Å². The van der Waals surface area contributed by atoms with Gasteiger partial charge < -0.3 is 5.32 Å². The number of nitrogens with zero attached hydrogens (tertiary/aromatic N) is 4. The van der Waals surface area contributed by atoms with Gasteiger partial charge in [0.25, 0.3) is 0 Å². The smallest absolute Gasteiger partial charge is 0.360 e. The molecule has 1 aliphatic heterocycles. The molecule has 0 unspecified atom stereocenters. The molecule has 0 saturated carbocycles. The minimum atomic E-state index is -4.66. The van der Waals surface area contributed by atoms with Crippen LogP contribution in [-0.4, -0.2) is 19.1 Å². The summed E-state index contributed by atoms with van der Waals surface area (Å²) in [6, 6.07) is 10.1. The van der Waals surface area contributed by atoms with Crippen molar-refractivity contribution in [2.75, 3.05) is 5.32 Å². The van der Waals surface area contributed by atoms with Gasteiger partial charge in [0.15, 0.2) is 5.82 Å². The molecule has 0 spiro atoms. The number of alkyl halides is 3. The van der Waals surface area contributed by atoms with Gasteiger partial charge in [0, 0.05) is 17.5 Å². The quantitative estimate of drug-likeness (QED) is 0.424. The summed E-state index contributed by atoms with van der Waals surface area (Å²) in [5, 5.41) is 8.81. The molecule has 3 aromatic heterocycles. The van der Waals surface area contributed by atoms with Crippen molar-refractivity contribution in [1.82, 2.24) is 19.1 Å². The van der Waals surface area contributed by atoms with Crippen molar-refractivity contribution >= 4 is 27.4 Å². The number of hydrogen-bond acceptors (Lipinski definition) is 5. The number of nitrogens with one attached hydrogen (secondary N) is 1. The first-order chi connectivity index (χ1) is 14.4. The molecule has 5 nitrogen and oxygen atoms in total. The molecular weight excluding hydrogens is 418 g/mol. The molecule has 4 heterocycles. The minimum absolute atomic E-state index is 0.127. The monoisotopic (exact) mass is 433 g/mol. The highest BCUT2D eigenvalue weighted by atomic mass is 32.1. The zero-order valence-corrected chi connectivity index (χ0v) is 16.3. The van der Waals surface area contributed by atoms with E-state index in [-0.39, 0.29) is 17.3 Å². The van der Waals surface area contributed by atoms with E-state index in [9.17, 15) is 17.6 Å². The highest BCUT2D eigenvalue weighted by Gasteiger charge is 2.34. The Labute approximate surface area is 172 Å². The topological polar surface area (TPSA) is 55.6 Å². The molecule has 0 amide bonds. The molecule has 1 aliphatic rings. The predicted octanol–water partition coefficient (Wildman–Crippen LogP) is 5.66. The molecule has 154 valence electrons. The molecule has 0 fully saturated rings. The van der Waals surface area contributed by atoms with Crippen molar-refractivity contribution in [3.63, 3.8) is 0 Å². The Hall–Kier alpha value is -3.01. The van der Waals surface area contributed by atoms with Gasteiger partial charge >= 0.3 is 6.18 Å². The van der Waals surface area contributed by atoms with Crippen molar-refractivity contribution in [3.8, 4) is 11.3 Å². The van der Waals surface area contributed by atoms with Crippen molar-refractivity contribution in [2.45, 2.75) is 31.6 Å². The molecule has 0 bridgehead atoms. The maximum absolute atomic E-state index is 14.3. The highest BCUT2D eigenvalue weighted by molar-refractivity contribution is 7.13. The molecule has 1 aromatic carbocycles. The van der Waals surface area contributed by atoms with E-state index in [1.165, 1.54) is 11.5 Å². The standard InChI is InChI=1S/C20H15F4N5S/c21-13-10-25-18(20(22,23)24)8-12(13)15-9-16-14(5-3-7-29(16)27-15)26-19-11-4-1-2-6-17(11)30-28-19/h1-2,4,6,8-10,14H,3,5,7H2,(H,26,28)/t14-/m0/s1. The lowest BCUT2D eigenvalue weighted by molar-refractivity contribution is -0.141. The summed E-state index contributed by atoms with van der Waals surface area (Å²) in [6.07, 6.45) is -2.42. The van der Waals surface area contributed by atoms with E-state index in [1.54, 1.807) is 10.7 Å². The maximum Gasteiger partial charge on any atom is 0.433 e. The van der Waals surface area contributed by atoms with Gasteiger partial charge in [-0.1, -0.05) is 12.1 Å². The molecule has 0 saturated heterocycles. The van der Waals surface area contributed by atoms with Crippen LogP contribution in [0.15, 0.2) is 42.6 Å². The highest BCUT2D eigenvalue weighted by Crippen LogP contribution is 2.36. The van der Waals surface area contributed by atoms with Crippen LogP contribution < -0.4 is 5.32 Å². The molecule has 0 radical (unpaired) electrons. The lowest BCUT2D eigenvalue weighted by atomic mass is 10.0. The second-order valence-electron chi connectivity index (χ2n) is 7.09.